The first-order chi connectivity index (χ1) is 9.58. The summed E-state index contributed by atoms with van der Waals surface area (Å²) in [5.41, 5.74) is 2.18. The molecular weight excluding hydrogens is 256 g/mol. The quantitative estimate of drug-likeness (QED) is 0.690. The molecule has 0 aliphatic carbocycles. The molecule has 0 fully saturated rings. The molecule has 1 aliphatic rings. The van der Waals surface area contributed by atoms with Crippen molar-refractivity contribution in [3.8, 4) is 0 Å². The van der Waals surface area contributed by atoms with Crippen molar-refractivity contribution >= 4 is 17.6 Å². The number of hydrogen-bond acceptors (Lipinski definition) is 3. The molecule has 1 unspecified atom stereocenters. The number of rotatable bonds is 6. The third-order valence-corrected chi connectivity index (χ3v) is 3.62. The molecule has 108 valence electrons. The summed E-state index contributed by atoms with van der Waals surface area (Å²) in [6, 6.07) is 7.68. The molecule has 1 amide bonds. The van der Waals surface area contributed by atoms with Gasteiger partial charge in [0.25, 0.3) is 0 Å². The van der Waals surface area contributed by atoms with Crippen molar-refractivity contribution in [2.75, 3.05) is 11.9 Å². The molecule has 1 heterocycles. The first-order valence-electron chi connectivity index (χ1n) is 6.93. The van der Waals surface area contributed by atoms with Gasteiger partial charge in [-0.25, -0.2) is 0 Å². The Morgan fingerprint density at radius 3 is 2.90 bits per heavy atom. The number of carboxylic acid groups (broad SMARTS) is 1. The van der Waals surface area contributed by atoms with E-state index in [-0.39, 0.29) is 17.9 Å². The summed E-state index contributed by atoms with van der Waals surface area (Å²) >= 11 is 0. The van der Waals surface area contributed by atoms with Gasteiger partial charge in [-0.1, -0.05) is 25.1 Å². The van der Waals surface area contributed by atoms with Crippen LogP contribution in [0.2, 0.25) is 0 Å². The Labute approximate surface area is 118 Å². The third kappa shape index (κ3) is 3.50. The summed E-state index contributed by atoms with van der Waals surface area (Å²) in [4.78, 5) is 22.7. The van der Waals surface area contributed by atoms with Gasteiger partial charge in [0.15, 0.2) is 0 Å². The minimum absolute atomic E-state index is 0.0239. The van der Waals surface area contributed by atoms with E-state index in [1.807, 2.05) is 24.3 Å². The molecule has 2 rings (SSSR count). The van der Waals surface area contributed by atoms with Crippen LogP contribution in [-0.2, 0) is 16.0 Å². The van der Waals surface area contributed by atoms with Crippen LogP contribution in [0.25, 0.3) is 0 Å². The molecule has 0 bridgehead atoms. The lowest BCUT2D eigenvalue weighted by Crippen LogP contribution is -2.39. The molecule has 20 heavy (non-hydrogen) atoms. The van der Waals surface area contributed by atoms with Gasteiger partial charge in [0.2, 0.25) is 5.91 Å². The fourth-order valence-electron chi connectivity index (χ4n) is 2.32. The molecule has 1 aromatic carbocycles. The predicted molar refractivity (Wildman–Crippen MR) is 76.6 cm³/mol. The summed E-state index contributed by atoms with van der Waals surface area (Å²) < 4.78 is 0. The van der Waals surface area contributed by atoms with Crippen molar-refractivity contribution in [2.24, 2.45) is 5.92 Å². The average molecular weight is 276 g/mol. The van der Waals surface area contributed by atoms with Gasteiger partial charge < -0.3 is 15.7 Å². The Hall–Kier alpha value is -2.04. The zero-order valence-corrected chi connectivity index (χ0v) is 11.6. The molecule has 0 saturated heterocycles. The highest BCUT2D eigenvalue weighted by Gasteiger charge is 2.25. The van der Waals surface area contributed by atoms with Crippen LogP contribution < -0.4 is 10.6 Å². The van der Waals surface area contributed by atoms with E-state index >= 15 is 0 Å². The van der Waals surface area contributed by atoms with Gasteiger partial charge >= 0.3 is 5.97 Å². The second-order valence-corrected chi connectivity index (χ2v) is 5.23. The number of carbonyl (C=O) groups is 2. The first kappa shape index (κ1) is 14.4. The van der Waals surface area contributed by atoms with Crippen molar-refractivity contribution in [3.05, 3.63) is 29.8 Å². The number of carbonyl (C=O) groups excluding carboxylic acids is 1. The molecule has 5 nitrogen and oxygen atoms in total. The van der Waals surface area contributed by atoms with E-state index in [0.717, 1.165) is 11.3 Å². The maximum Gasteiger partial charge on any atom is 0.306 e. The van der Waals surface area contributed by atoms with Gasteiger partial charge in [-0.3, -0.25) is 9.59 Å². The minimum atomic E-state index is -0.788. The van der Waals surface area contributed by atoms with Gasteiger partial charge in [-0.2, -0.15) is 0 Å². The number of anilines is 1. The molecule has 1 aliphatic heterocycles. The molecule has 1 aromatic rings. The SMILES string of the molecule is CC(CCCNC(=O)[C@@H]1Cc2ccccc2N1)C(=O)O. The lowest BCUT2D eigenvalue weighted by atomic mass is 10.1. The number of nitrogens with one attached hydrogen (secondary N) is 2. The Bertz CT molecular complexity index is 477. The summed E-state index contributed by atoms with van der Waals surface area (Å²) in [6.07, 6.45) is 1.96. The van der Waals surface area contributed by atoms with Crippen molar-refractivity contribution < 1.29 is 14.7 Å². The van der Waals surface area contributed by atoms with E-state index in [0.29, 0.717) is 25.8 Å². The number of para-hydroxylation sites is 1. The van der Waals surface area contributed by atoms with Gasteiger partial charge in [0.1, 0.15) is 6.04 Å². The zero-order chi connectivity index (χ0) is 14.5. The van der Waals surface area contributed by atoms with Gasteiger partial charge in [-0.05, 0) is 24.5 Å². The number of fused-ring (bicyclic) bond motifs is 1. The van der Waals surface area contributed by atoms with E-state index in [1.54, 1.807) is 6.92 Å². The average Bonchev–Trinajstić information content (AvgIpc) is 2.86. The van der Waals surface area contributed by atoms with E-state index < -0.39 is 5.97 Å². The molecule has 0 radical (unpaired) electrons. The van der Waals surface area contributed by atoms with Gasteiger partial charge in [0, 0.05) is 18.7 Å². The maximum absolute atomic E-state index is 12.0. The van der Waals surface area contributed by atoms with Gasteiger partial charge in [0.05, 0.1) is 5.92 Å². The number of amides is 1. The molecule has 0 saturated carbocycles. The lowest BCUT2D eigenvalue weighted by molar-refractivity contribution is -0.141. The Kier molecular flexibility index (Phi) is 4.61. The molecule has 2 atom stereocenters. The Balaban J connectivity index is 1.71. The summed E-state index contributed by atoms with van der Waals surface area (Å²) in [7, 11) is 0. The molecule has 0 spiro atoms. The fourth-order valence-corrected chi connectivity index (χ4v) is 2.32. The molecule has 0 aromatic heterocycles. The molecular formula is C15H20N2O3. The number of hydrogen-bond donors (Lipinski definition) is 3. The predicted octanol–water partition coefficient (Wildman–Crippen LogP) is 1.64. The molecule has 5 heteroatoms. The topological polar surface area (TPSA) is 78.4 Å². The third-order valence-electron chi connectivity index (χ3n) is 3.62. The zero-order valence-electron chi connectivity index (χ0n) is 11.6. The van der Waals surface area contributed by atoms with E-state index in [1.165, 1.54) is 0 Å². The first-order valence-corrected chi connectivity index (χ1v) is 6.93. The van der Waals surface area contributed by atoms with Crippen LogP contribution in [0.15, 0.2) is 24.3 Å². The second-order valence-electron chi connectivity index (χ2n) is 5.23. The van der Waals surface area contributed by atoms with E-state index in [2.05, 4.69) is 10.6 Å². The smallest absolute Gasteiger partial charge is 0.306 e. The van der Waals surface area contributed by atoms with Crippen LogP contribution in [0.1, 0.15) is 25.3 Å². The Morgan fingerprint density at radius 1 is 1.45 bits per heavy atom. The highest BCUT2D eigenvalue weighted by Crippen LogP contribution is 2.24. The Morgan fingerprint density at radius 2 is 2.20 bits per heavy atom. The van der Waals surface area contributed by atoms with Crippen LogP contribution in [0, 0.1) is 5.92 Å². The molecule has 3 N–H and O–H groups in total. The van der Waals surface area contributed by atoms with E-state index in [9.17, 15) is 9.59 Å². The van der Waals surface area contributed by atoms with Crippen molar-refractivity contribution in [3.63, 3.8) is 0 Å². The summed E-state index contributed by atoms with van der Waals surface area (Å²) in [6.45, 7) is 2.20. The number of aliphatic carboxylic acids is 1. The van der Waals surface area contributed by atoms with Crippen LogP contribution in [0.4, 0.5) is 5.69 Å². The largest absolute Gasteiger partial charge is 0.481 e. The number of benzene rings is 1. The van der Waals surface area contributed by atoms with Crippen LogP contribution in [0.3, 0.4) is 0 Å². The van der Waals surface area contributed by atoms with Crippen molar-refractivity contribution in [1.82, 2.24) is 5.32 Å². The van der Waals surface area contributed by atoms with Crippen LogP contribution >= 0.6 is 0 Å². The van der Waals surface area contributed by atoms with Gasteiger partial charge in [-0.15, -0.1) is 0 Å². The fraction of sp³-hybridized carbons (Fsp3) is 0.467. The van der Waals surface area contributed by atoms with Crippen molar-refractivity contribution in [2.45, 2.75) is 32.2 Å². The van der Waals surface area contributed by atoms with Crippen molar-refractivity contribution in [1.29, 1.82) is 0 Å². The summed E-state index contributed by atoms with van der Waals surface area (Å²) in [5, 5.41) is 14.8. The van der Waals surface area contributed by atoms with Crippen LogP contribution in [-0.4, -0.2) is 29.6 Å². The second kappa shape index (κ2) is 6.41. The monoisotopic (exact) mass is 276 g/mol. The van der Waals surface area contributed by atoms with Crippen LogP contribution in [0.5, 0.6) is 0 Å². The highest BCUT2D eigenvalue weighted by molar-refractivity contribution is 5.87. The lowest BCUT2D eigenvalue weighted by Gasteiger charge is -2.12. The highest BCUT2D eigenvalue weighted by atomic mass is 16.4. The minimum Gasteiger partial charge on any atom is -0.481 e. The number of carboxylic acids is 1. The summed E-state index contributed by atoms with van der Waals surface area (Å²) in [5.74, 6) is -1.17. The standard InChI is InChI=1S/C15H20N2O3/c1-10(15(19)20)5-4-8-16-14(18)13-9-11-6-2-3-7-12(11)17-13/h2-3,6-7,10,13,17H,4-5,8-9H2,1H3,(H,16,18)(H,19,20)/t10?,13-/m0/s1. The normalized spacial score (nSPS) is 17.9. The van der Waals surface area contributed by atoms with E-state index in [4.69, 9.17) is 5.11 Å². The maximum atomic E-state index is 12.0.